The normalized spacial score (nSPS) is 12.1. The Bertz CT molecular complexity index is 460. The number of carboxylic acid groups (broad SMARTS) is 1. The molecule has 0 aliphatic heterocycles. The Morgan fingerprint density at radius 1 is 1.33 bits per heavy atom. The minimum absolute atomic E-state index is 0.0181. The molecule has 1 N–H and O–H groups in total. The summed E-state index contributed by atoms with van der Waals surface area (Å²) in [7, 11) is 2.47. The molecule has 0 aliphatic rings. The van der Waals surface area contributed by atoms with Gasteiger partial charge in [-0.15, -0.1) is 0 Å². The summed E-state index contributed by atoms with van der Waals surface area (Å²) in [6.45, 7) is 1.47. The Morgan fingerprint density at radius 2 is 1.89 bits per heavy atom. The Hall–Kier alpha value is -1.85. The van der Waals surface area contributed by atoms with Gasteiger partial charge in [-0.2, -0.15) is 4.39 Å². The molecule has 1 aromatic carbocycles. The molecule has 18 heavy (non-hydrogen) atoms. The minimum Gasteiger partial charge on any atom is -0.492 e. The van der Waals surface area contributed by atoms with Crippen molar-refractivity contribution in [3.8, 4) is 11.5 Å². The Balaban J connectivity index is 3.26. The molecule has 0 radical (unpaired) electrons. The van der Waals surface area contributed by atoms with Gasteiger partial charge in [-0.25, -0.2) is 4.39 Å². The number of benzene rings is 1. The summed E-state index contributed by atoms with van der Waals surface area (Å²) in [5, 5.41) is 8.82. The summed E-state index contributed by atoms with van der Waals surface area (Å²) in [4.78, 5) is 10.8. The molecule has 1 aromatic rings. The van der Waals surface area contributed by atoms with E-state index in [-0.39, 0.29) is 23.5 Å². The molecule has 0 saturated carbocycles. The number of hydrogen-bond donors (Lipinski definition) is 1. The topological polar surface area (TPSA) is 55.8 Å². The second kappa shape index (κ2) is 5.66. The van der Waals surface area contributed by atoms with Crippen LogP contribution in [0.2, 0.25) is 0 Å². The summed E-state index contributed by atoms with van der Waals surface area (Å²) in [6.07, 6.45) is 0.0199. The van der Waals surface area contributed by atoms with Crippen molar-refractivity contribution in [2.45, 2.75) is 13.3 Å². The average molecular weight is 260 g/mol. The number of carbonyl (C=O) groups is 1. The lowest BCUT2D eigenvalue weighted by Crippen LogP contribution is -2.13. The highest BCUT2D eigenvalue weighted by Crippen LogP contribution is 2.36. The van der Waals surface area contributed by atoms with Gasteiger partial charge in [0.25, 0.3) is 0 Å². The van der Waals surface area contributed by atoms with Crippen LogP contribution in [0.4, 0.5) is 8.78 Å². The fraction of sp³-hybridized carbons (Fsp3) is 0.417. The zero-order valence-corrected chi connectivity index (χ0v) is 10.3. The molecule has 0 aliphatic carbocycles. The zero-order chi connectivity index (χ0) is 13.9. The number of ether oxygens (including phenoxy) is 2. The zero-order valence-electron chi connectivity index (χ0n) is 10.3. The van der Waals surface area contributed by atoms with Gasteiger partial charge in [0.05, 0.1) is 20.1 Å². The number of halogens is 2. The van der Waals surface area contributed by atoms with Crippen LogP contribution in [0.25, 0.3) is 0 Å². The van der Waals surface area contributed by atoms with Gasteiger partial charge in [0.15, 0.2) is 17.3 Å². The smallest absolute Gasteiger partial charge is 0.306 e. The first kappa shape index (κ1) is 14.2. The summed E-state index contributed by atoms with van der Waals surface area (Å²) >= 11 is 0. The molecule has 0 heterocycles. The largest absolute Gasteiger partial charge is 0.492 e. The van der Waals surface area contributed by atoms with E-state index in [9.17, 15) is 13.6 Å². The van der Waals surface area contributed by atoms with Crippen LogP contribution in [-0.2, 0) is 11.2 Å². The van der Waals surface area contributed by atoms with Crippen molar-refractivity contribution in [2.24, 2.45) is 5.92 Å². The first-order valence-corrected chi connectivity index (χ1v) is 5.24. The van der Waals surface area contributed by atoms with E-state index in [2.05, 4.69) is 0 Å². The number of methoxy groups -OCH3 is 2. The first-order valence-electron chi connectivity index (χ1n) is 5.24. The molecule has 1 rings (SSSR count). The van der Waals surface area contributed by atoms with E-state index in [0.717, 1.165) is 6.07 Å². The molecule has 1 unspecified atom stereocenters. The number of hydrogen-bond acceptors (Lipinski definition) is 3. The van der Waals surface area contributed by atoms with Crippen LogP contribution in [0, 0.1) is 17.6 Å². The van der Waals surface area contributed by atoms with E-state index in [1.54, 1.807) is 0 Å². The van der Waals surface area contributed by atoms with Crippen molar-refractivity contribution >= 4 is 5.97 Å². The summed E-state index contributed by atoms with van der Waals surface area (Å²) in [5.74, 6) is -4.36. The Labute approximate surface area is 103 Å². The standard InChI is InChI=1S/C12H14F2O4/c1-6(12(15)16)4-7-5-8(13)9(14)11(18-3)10(7)17-2/h5-6H,4H2,1-3H3,(H,15,16). The van der Waals surface area contributed by atoms with Gasteiger partial charge in [-0.05, 0) is 12.5 Å². The second-order valence-corrected chi connectivity index (χ2v) is 3.84. The van der Waals surface area contributed by atoms with Crippen LogP contribution in [0.5, 0.6) is 11.5 Å². The van der Waals surface area contributed by atoms with Crippen LogP contribution in [-0.4, -0.2) is 25.3 Å². The average Bonchev–Trinajstić information content (AvgIpc) is 2.32. The number of carboxylic acids is 1. The van der Waals surface area contributed by atoms with Crippen molar-refractivity contribution in [1.82, 2.24) is 0 Å². The maximum absolute atomic E-state index is 13.4. The van der Waals surface area contributed by atoms with Gasteiger partial charge >= 0.3 is 5.97 Å². The molecule has 0 aromatic heterocycles. The first-order chi connectivity index (χ1) is 8.42. The fourth-order valence-electron chi connectivity index (χ4n) is 1.61. The van der Waals surface area contributed by atoms with E-state index in [1.807, 2.05) is 0 Å². The molecule has 6 heteroatoms. The quantitative estimate of drug-likeness (QED) is 0.882. The number of aliphatic carboxylic acids is 1. The predicted molar refractivity (Wildman–Crippen MR) is 60.0 cm³/mol. The van der Waals surface area contributed by atoms with Crippen LogP contribution in [0.3, 0.4) is 0 Å². The highest BCUT2D eigenvalue weighted by molar-refractivity contribution is 5.70. The third-order valence-corrected chi connectivity index (χ3v) is 2.56. The molecule has 0 spiro atoms. The lowest BCUT2D eigenvalue weighted by atomic mass is 10.00. The van der Waals surface area contributed by atoms with Gasteiger partial charge in [-0.1, -0.05) is 6.92 Å². The molecular formula is C12H14F2O4. The highest BCUT2D eigenvalue weighted by Gasteiger charge is 2.23. The van der Waals surface area contributed by atoms with E-state index < -0.39 is 23.5 Å². The minimum atomic E-state index is -1.15. The molecular weight excluding hydrogens is 246 g/mol. The van der Waals surface area contributed by atoms with E-state index in [0.29, 0.717) is 0 Å². The summed E-state index contributed by atoms with van der Waals surface area (Å²) < 4.78 is 36.5. The second-order valence-electron chi connectivity index (χ2n) is 3.84. The van der Waals surface area contributed by atoms with E-state index in [1.165, 1.54) is 21.1 Å². The van der Waals surface area contributed by atoms with E-state index >= 15 is 0 Å². The van der Waals surface area contributed by atoms with Crippen LogP contribution >= 0.6 is 0 Å². The monoisotopic (exact) mass is 260 g/mol. The lowest BCUT2D eigenvalue weighted by molar-refractivity contribution is -0.141. The SMILES string of the molecule is COc1c(CC(C)C(=O)O)cc(F)c(F)c1OC. The van der Waals surface area contributed by atoms with Crippen molar-refractivity contribution < 1.29 is 28.2 Å². The van der Waals surface area contributed by atoms with E-state index in [4.69, 9.17) is 14.6 Å². The van der Waals surface area contributed by atoms with Gasteiger partial charge in [0, 0.05) is 5.56 Å². The molecule has 1 atom stereocenters. The van der Waals surface area contributed by atoms with Gasteiger partial charge in [0.2, 0.25) is 5.82 Å². The Kier molecular flexibility index (Phi) is 4.47. The lowest BCUT2D eigenvalue weighted by Gasteiger charge is -2.15. The summed E-state index contributed by atoms with van der Waals surface area (Å²) in [5.41, 5.74) is 0.253. The fourth-order valence-corrected chi connectivity index (χ4v) is 1.61. The third kappa shape index (κ3) is 2.69. The maximum atomic E-state index is 13.4. The third-order valence-electron chi connectivity index (χ3n) is 2.56. The van der Waals surface area contributed by atoms with Crippen LogP contribution in [0.1, 0.15) is 12.5 Å². The molecule has 0 fully saturated rings. The van der Waals surface area contributed by atoms with Gasteiger partial charge in [-0.3, -0.25) is 4.79 Å². The molecule has 0 bridgehead atoms. The Morgan fingerprint density at radius 3 is 2.33 bits per heavy atom. The van der Waals surface area contributed by atoms with Gasteiger partial charge in [0.1, 0.15) is 0 Å². The van der Waals surface area contributed by atoms with Crippen molar-refractivity contribution in [2.75, 3.05) is 14.2 Å². The van der Waals surface area contributed by atoms with Crippen LogP contribution < -0.4 is 9.47 Å². The van der Waals surface area contributed by atoms with Crippen LogP contribution in [0.15, 0.2) is 6.07 Å². The van der Waals surface area contributed by atoms with Crippen molar-refractivity contribution in [3.63, 3.8) is 0 Å². The predicted octanol–water partition coefficient (Wildman–Crippen LogP) is 2.25. The molecule has 0 saturated heterocycles. The molecule has 0 amide bonds. The van der Waals surface area contributed by atoms with Gasteiger partial charge < -0.3 is 14.6 Å². The maximum Gasteiger partial charge on any atom is 0.306 e. The number of rotatable bonds is 5. The van der Waals surface area contributed by atoms with Crippen molar-refractivity contribution in [1.29, 1.82) is 0 Å². The molecule has 100 valence electrons. The molecule has 4 nitrogen and oxygen atoms in total. The highest BCUT2D eigenvalue weighted by atomic mass is 19.2. The van der Waals surface area contributed by atoms with Crippen molar-refractivity contribution in [3.05, 3.63) is 23.3 Å². The summed E-state index contributed by atoms with van der Waals surface area (Å²) in [6, 6.07) is 0.927.